The third-order valence-electron chi connectivity index (χ3n) is 4.78. The molecule has 0 fully saturated rings. The molecule has 1 aromatic carbocycles. The number of halogens is 3. The SMILES string of the molecule is CC[C@@H](NC(=O)O)C(=O)Nc1cnc(Oc2ccc3c(c2)C(C)(C(F)(F)F)OC3)nc1. The van der Waals surface area contributed by atoms with Gasteiger partial charge in [-0.25, -0.2) is 14.8 Å². The van der Waals surface area contributed by atoms with Crippen molar-refractivity contribution in [1.29, 1.82) is 0 Å². The average molecular weight is 440 g/mol. The van der Waals surface area contributed by atoms with Gasteiger partial charge in [-0.3, -0.25) is 4.79 Å². The summed E-state index contributed by atoms with van der Waals surface area (Å²) in [7, 11) is 0. The van der Waals surface area contributed by atoms with E-state index in [4.69, 9.17) is 14.6 Å². The molecule has 2 atom stereocenters. The molecule has 0 bridgehead atoms. The number of benzene rings is 1. The zero-order valence-corrected chi connectivity index (χ0v) is 16.5. The standard InChI is InChI=1S/C19H19F3N4O5/c1-3-14(26-17(28)29)15(27)25-11-7-23-16(24-8-11)31-12-5-4-10-9-30-18(2,13(10)6-12)19(20,21)22/h4-8,14,26H,3,9H2,1-2H3,(H,25,27)(H,28,29)/t14-,18?/m1/s1. The van der Waals surface area contributed by atoms with Crippen LogP contribution in [0, 0.1) is 0 Å². The van der Waals surface area contributed by atoms with Crippen LogP contribution in [0.1, 0.15) is 31.4 Å². The Morgan fingerprint density at radius 2 is 2.00 bits per heavy atom. The average Bonchev–Trinajstić information content (AvgIpc) is 3.05. The summed E-state index contributed by atoms with van der Waals surface area (Å²) in [5, 5.41) is 13.3. The molecule has 1 aromatic heterocycles. The van der Waals surface area contributed by atoms with Crippen molar-refractivity contribution >= 4 is 17.7 Å². The molecule has 0 radical (unpaired) electrons. The number of hydrogen-bond donors (Lipinski definition) is 3. The monoisotopic (exact) mass is 440 g/mol. The molecule has 1 aliphatic rings. The largest absolute Gasteiger partial charge is 0.465 e. The molecule has 31 heavy (non-hydrogen) atoms. The Bertz CT molecular complexity index is 983. The first-order valence-electron chi connectivity index (χ1n) is 9.18. The molecule has 166 valence electrons. The maximum atomic E-state index is 13.4. The van der Waals surface area contributed by atoms with Crippen LogP contribution in [0.15, 0.2) is 30.6 Å². The first-order chi connectivity index (χ1) is 14.5. The lowest BCUT2D eigenvalue weighted by Crippen LogP contribution is -2.42. The summed E-state index contributed by atoms with van der Waals surface area (Å²) in [5.74, 6) is -0.500. The Labute approximate surface area is 174 Å². The maximum absolute atomic E-state index is 13.4. The van der Waals surface area contributed by atoms with E-state index >= 15 is 0 Å². The van der Waals surface area contributed by atoms with Gasteiger partial charge >= 0.3 is 18.3 Å². The number of anilines is 1. The highest BCUT2D eigenvalue weighted by atomic mass is 19.4. The van der Waals surface area contributed by atoms with Crippen molar-refractivity contribution in [1.82, 2.24) is 15.3 Å². The molecule has 12 heteroatoms. The van der Waals surface area contributed by atoms with Gasteiger partial charge in [0.15, 0.2) is 5.60 Å². The molecular weight excluding hydrogens is 421 g/mol. The van der Waals surface area contributed by atoms with Crippen molar-refractivity contribution in [2.75, 3.05) is 5.32 Å². The second-order valence-electron chi connectivity index (χ2n) is 6.89. The summed E-state index contributed by atoms with van der Waals surface area (Å²) in [4.78, 5) is 30.6. The normalized spacial score (nSPS) is 18.7. The molecule has 0 aliphatic carbocycles. The van der Waals surface area contributed by atoms with Crippen molar-refractivity contribution < 1.29 is 37.3 Å². The van der Waals surface area contributed by atoms with Crippen LogP contribution in [0.25, 0.3) is 0 Å². The molecular formula is C19H19F3N4O5. The van der Waals surface area contributed by atoms with Gasteiger partial charge in [0.25, 0.3) is 0 Å². The molecule has 1 unspecified atom stereocenters. The predicted octanol–water partition coefficient (Wildman–Crippen LogP) is 3.56. The Morgan fingerprint density at radius 3 is 2.58 bits per heavy atom. The van der Waals surface area contributed by atoms with Crippen LogP contribution >= 0.6 is 0 Å². The number of amides is 2. The van der Waals surface area contributed by atoms with Gasteiger partial charge in [0.05, 0.1) is 24.7 Å². The molecule has 0 spiro atoms. The first-order valence-corrected chi connectivity index (χ1v) is 9.18. The van der Waals surface area contributed by atoms with E-state index in [-0.39, 0.29) is 36.0 Å². The zero-order valence-electron chi connectivity index (χ0n) is 16.5. The summed E-state index contributed by atoms with van der Waals surface area (Å²) in [5.41, 5.74) is -1.88. The number of hydrogen-bond acceptors (Lipinski definition) is 6. The second-order valence-corrected chi connectivity index (χ2v) is 6.89. The van der Waals surface area contributed by atoms with Gasteiger partial charge in [0.2, 0.25) is 5.91 Å². The molecule has 2 amide bonds. The van der Waals surface area contributed by atoms with Gasteiger partial charge in [0.1, 0.15) is 11.8 Å². The van der Waals surface area contributed by atoms with Crippen LogP contribution in [0.2, 0.25) is 0 Å². The number of aromatic nitrogens is 2. The van der Waals surface area contributed by atoms with E-state index in [9.17, 15) is 22.8 Å². The Hall–Kier alpha value is -3.41. The highest BCUT2D eigenvalue weighted by molar-refractivity contribution is 5.96. The summed E-state index contributed by atoms with van der Waals surface area (Å²) in [6.07, 6.45) is -3.24. The number of nitrogens with one attached hydrogen (secondary N) is 2. The molecule has 3 rings (SSSR count). The van der Waals surface area contributed by atoms with E-state index in [2.05, 4.69) is 20.6 Å². The van der Waals surface area contributed by atoms with Crippen molar-refractivity contribution in [3.63, 3.8) is 0 Å². The van der Waals surface area contributed by atoms with Crippen LogP contribution in [0.4, 0.5) is 23.7 Å². The second kappa shape index (κ2) is 8.38. The lowest BCUT2D eigenvalue weighted by Gasteiger charge is -2.27. The molecule has 2 heterocycles. The van der Waals surface area contributed by atoms with Gasteiger partial charge in [-0.1, -0.05) is 13.0 Å². The molecule has 1 aliphatic heterocycles. The number of carbonyl (C=O) groups excluding carboxylic acids is 1. The fraction of sp³-hybridized carbons (Fsp3) is 0.368. The Morgan fingerprint density at radius 1 is 1.32 bits per heavy atom. The van der Waals surface area contributed by atoms with Gasteiger partial charge in [-0.2, -0.15) is 13.2 Å². The van der Waals surface area contributed by atoms with Crippen LogP contribution < -0.4 is 15.4 Å². The molecule has 0 saturated carbocycles. The van der Waals surface area contributed by atoms with E-state index in [1.807, 2.05) is 0 Å². The fourth-order valence-corrected chi connectivity index (χ4v) is 2.99. The summed E-state index contributed by atoms with van der Waals surface area (Å²) >= 11 is 0. The number of carbonyl (C=O) groups is 2. The minimum atomic E-state index is -4.60. The number of fused-ring (bicyclic) bond motifs is 1. The fourth-order valence-electron chi connectivity index (χ4n) is 2.99. The summed E-state index contributed by atoms with van der Waals surface area (Å²) < 4.78 is 50.7. The minimum Gasteiger partial charge on any atom is -0.465 e. The van der Waals surface area contributed by atoms with Crippen molar-refractivity contribution in [3.8, 4) is 11.8 Å². The lowest BCUT2D eigenvalue weighted by atomic mass is 9.93. The van der Waals surface area contributed by atoms with E-state index in [0.29, 0.717) is 5.56 Å². The highest BCUT2D eigenvalue weighted by Crippen LogP contribution is 2.48. The first kappa shape index (κ1) is 22.3. The van der Waals surface area contributed by atoms with Crippen LogP contribution in [-0.2, 0) is 21.7 Å². The van der Waals surface area contributed by atoms with Gasteiger partial charge in [-0.05, 0) is 31.0 Å². The summed E-state index contributed by atoms with van der Waals surface area (Å²) in [6, 6.07) is 3.09. The number of carboxylic acid groups (broad SMARTS) is 1. The quantitative estimate of drug-likeness (QED) is 0.628. The third kappa shape index (κ3) is 4.68. The topological polar surface area (TPSA) is 123 Å². The molecule has 0 saturated heterocycles. The molecule has 9 nitrogen and oxygen atoms in total. The summed E-state index contributed by atoms with van der Waals surface area (Å²) in [6.45, 7) is 2.43. The molecule has 2 aromatic rings. The lowest BCUT2D eigenvalue weighted by molar-refractivity contribution is -0.272. The van der Waals surface area contributed by atoms with Crippen molar-refractivity contribution in [2.45, 2.75) is 44.7 Å². The van der Waals surface area contributed by atoms with E-state index in [1.165, 1.54) is 30.6 Å². The van der Waals surface area contributed by atoms with E-state index < -0.39 is 29.8 Å². The predicted molar refractivity (Wildman–Crippen MR) is 101 cm³/mol. The van der Waals surface area contributed by atoms with Gasteiger partial charge in [-0.15, -0.1) is 0 Å². The van der Waals surface area contributed by atoms with Crippen molar-refractivity contribution in [2.24, 2.45) is 0 Å². The Balaban J connectivity index is 1.71. The zero-order chi connectivity index (χ0) is 22.8. The third-order valence-corrected chi connectivity index (χ3v) is 4.78. The smallest absolute Gasteiger partial charge is 0.421 e. The Kier molecular flexibility index (Phi) is 6.02. The van der Waals surface area contributed by atoms with Gasteiger partial charge < -0.3 is 25.2 Å². The van der Waals surface area contributed by atoms with Crippen LogP contribution in [-0.4, -0.2) is 39.3 Å². The number of rotatable bonds is 6. The van der Waals surface area contributed by atoms with E-state index in [0.717, 1.165) is 6.92 Å². The van der Waals surface area contributed by atoms with Crippen LogP contribution in [0.5, 0.6) is 11.8 Å². The number of alkyl halides is 3. The van der Waals surface area contributed by atoms with Gasteiger partial charge in [0, 0.05) is 5.56 Å². The minimum absolute atomic E-state index is 0.0436. The van der Waals surface area contributed by atoms with Crippen molar-refractivity contribution in [3.05, 3.63) is 41.7 Å². The van der Waals surface area contributed by atoms with E-state index in [1.54, 1.807) is 6.92 Å². The van der Waals surface area contributed by atoms with Crippen LogP contribution in [0.3, 0.4) is 0 Å². The maximum Gasteiger partial charge on any atom is 0.421 e. The highest BCUT2D eigenvalue weighted by Gasteiger charge is 2.57. The molecule has 3 N–H and O–H groups in total. The number of ether oxygens (including phenoxy) is 2. The number of nitrogens with zero attached hydrogens (tertiary/aromatic N) is 2.